The summed E-state index contributed by atoms with van der Waals surface area (Å²) in [6.45, 7) is 4.63. The van der Waals surface area contributed by atoms with E-state index in [4.69, 9.17) is 4.74 Å². The van der Waals surface area contributed by atoms with Gasteiger partial charge in [0.05, 0.1) is 13.2 Å². The van der Waals surface area contributed by atoms with Crippen LogP contribution in [0.2, 0.25) is 0 Å². The molecule has 116 valence electrons. The molecule has 1 saturated heterocycles. The number of morpholine rings is 1. The van der Waals surface area contributed by atoms with E-state index in [2.05, 4.69) is 10.4 Å². The molecule has 0 spiro atoms. The zero-order chi connectivity index (χ0) is 15.4. The number of thiazole rings is 1. The van der Waals surface area contributed by atoms with Crippen molar-refractivity contribution in [2.24, 2.45) is 0 Å². The van der Waals surface area contributed by atoms with E-state index in [-0.39, 0.29) is 5.91 Å². The minimum atomic E-state index is 0.0954. The summed E-state index contributed by atoms with van der Waals surface area (Å²) in [6.07, 6.45) is 0. The number of hydrogen-bond acceptors (Lipinski definition) is 5. The minimum absolute atomic E-state index is 0.0954. The molecule has 0 radical (unpaired) electrons. The first-order valence-electron chi connectivity index (χ1n) is 7.23. The van der Waals surface area contributed by atoms with Crippen LogP contribution in [0.3, 0.4) is 0 Å². The van der Waals surface area contributed by atoms with Gasteiger partial charge in [0.15, 0.2) is 0 Å². The fraction of sp³-hybridized carbons (Fsp3) is 0.375. The van der Waals surface area contributed by atoms with Crippen LogP contribution in [0.1, 0.15) is 21.6 Å². The van der Waals surface area contributed by atoms with Gasteiger partial charge < -0.3 is 9.64 Å². The molecule has 2 aromatic rings. The maximum atomic E-state index is 12.3. The van der Waals surface area contributed by atoms with Crippen molar-refractivity contribution in [2.75, 3.05) is 26.3 Å². The molecule has 0 atom stereocenters. The smallest absolute Gasteiger partial charge is 0.254 e. The number of thioether (sulfide) groups is 1. The van der Waals surface area contributed by atoms with Crippen molar-refractivity contribution in [3.63, 3.8) is 0 Å². The van der Waals surface area contributed by atoms with Gasteiger partial charge in [0.2, 0.25) is 0 Å². The van der Waals surface area contributed by atoms with E-state index in [0.717, 1.165) is 21.3 Å². The molecular formula is C16H18N2O2S2. The van der Waals surface area contributed by atoms with E-state index in [9.17, 15) is 4.79 Å². The average Bonchev–Trinajstić information content (AvgIpc) is 2.99. The van der Waals surface area contributed by atoms with Gasteiger partial charge in [-0.1, -0.05) is 23.9 Å². The second-order valence-corrected chi connectivity index (χ2v) is 7.23. The molecule has 0 N–H and O–H groups in total. The first kappa shape index (κ1) is 15.5. The quantitative estimate of drug-likeness (QED) is 0.805. The molecule has 3 rings (SSSR count). The number of carbonyl (C=O) groups excluding carboxylic acids is 1. The number of hydrogen-bond donors (Lipinski definition) is 0. The van der Waals surface area contributed by atoms with Gasteiger partial charge in [0, 0.05) is 35.5 Å². The van der Waals surface area contributed by atoms with Crippen molar-refractivity contribution in [3.8, 4) is 0 Å². The van der Waals surface area contributed by atoms with Crippen LogP contribution in [-0.4, -0.2) is 42.1 Å². The van der Waals surface area contributed by atoms with E-state index < -0.39 is 0 Å². The van der Waals surface area contributed by atoms with Gasteiger partial charge in [-0.05, 0) is 24.6 Å². The standard InChI is InChI=1S/C16H18N2O2S2/c1-12-10-21-16(17-12)22-11-13-2-4-14(5-3-13)15(19)18-6-8-20-9-7-18/h2-5,10H,6-9,11H2,1H3. The minimum Gasteiger partial charge on any atom is -0.378 e. The number of aryl methyl sites for hydroxylation is 1. The van der Waals surface area contributed by atoms with Crippen molar-refractivity contribution >= 4 is 29.0 Å². The normalized spacial score (nSPS) is 15.0. The Morgan fingerprint density at radius 2 is 2.05 bits per heavy atom. The van der Waals surface area contributed by atoms with Gasteiger partial charge in [-0.3, -0.25) is 4.79 Å². The molecule has 0 saturated carbocycles. The van der Waals surface area contributed by atoms with Crippen LogP contribution in [-0.2, 0) is 10.5 Å². The molecule has 0 bridgehead atoms. The zero-order valence-corrected chi connectivity index (χ0v) is 14.1. The highest BCUT2D eigenvalue weighted by Crippen LogP contribution is 2.26. The summed E-state index contributed by atoms with van der Waals surface area (Å²) < 4.78 is 6.37. The fourth-order valence-electron chi connectivity index (χ4n) is 2.24. The SMILES string of the molecule is Cc1csc(SCc2ccc(C(=O)N3CCOCC3)cc2)n1. The molecule has 1 amide bonds. The molecule has 0 unspecified atom stereocenters. The second kappa shape index (κ2) is 7.26. The topological polar surface area (TPSA) is 42.4 Å². The predicted octanol–water partition coefficient (Wildman–Crippen LogP) is 3.22. The Hall–Kier alpha value is -1.37. The molecule has 0 aliphatic carbocycles. The summed E-state index contributed by atoms with van der Waals surface area (Å²) in [5.74, 6) is 0.969. The highest BCUT2D eigenvalue weighted by Gasteiger charge is 2.18. The highest BCUT2D eigenvalue weighted by atomic mass is 32.2. The molecule has 1 aliphatic rings. The van der Waals surface area contributed by atoms with Crippen LogP contribution in [0, 0.1) is 6.92 Å². The van der Waals surface area contributed by atoms with Crippen LogP contribution in [0.25, 0.3) is 0 Å². The van der Waals surface area contributed by atoms with Crippen molar-refractivity contribution in [2.45, 2.75) is 17.0 Å². The van der Waals surface area contributed by atoms with Crippen LogP contribution < -0.4 is 0 Å². The molecule has 1 fully saturated rings. The molecule has 4 nitrogen and oxygen atoms in total. The number of benzene rings is 1. The second-order valence-electron chi connectivity index (χ2n) is 5.14. The Kier molecular flexibility index (Phi) is 5.12. The summed E-state index contributed by atoms with van der Waals surface area (Å²) in [4.78, 5) is 18.6. The molecule has 2 heterocycles. The lowest BCUT2D eigenvalue weighted by Gasteiger charge is -2.26. The summed E-state index contributed by atoms with van der Waals surface area (Å²) in [5.41, 5.74) is 3.02. The number of rotatable bonds is 4. The van der Waals surface area contributed by atoms with Crippen molar-refractivity contribution in [3.05, 3.63) is 46.5 Å². The lowest BCUT2D eigenvalue weighted by Crippen LogP contribution is -2.40. The van der Waals surface area contributed by atoms with Crippen LogP contribution >= 0.6 is 23.1 Å². The van der Waals surface area contributed by atoms with Gasteiger partial charge in [-0.15, -0.1) is 11.3 Å². The first-order chi connectivity index (χ1) is 10.7. The molecule has 1 aromatic heterocycles. The first-order valence-corrected chi connectivity index (χ1v) is 9.10. The highest BCUT2D eigenvalue weighted by molar-refractivity contribution is 8.00. The van der Waals surface area contributed by atoms with Crippen LogP contribution in [0.15, 0.2) is 34.0 Å². The lowest BCUT2D eigenvalue weighted by atomic mass is 10.1. The summed E-state index contributed by atoms with van der Waals surface area (Å²) >= 11 is 3.41. The number of nitrogens with zero attached hydrogens (tertiary/aromatic N) is 2. The third kappa shape index (κ3) is 3.88. The Balaban J connectivity index is 1.58. The molecule has 22 heavy (non-hydrogen) atoms. The third-order valence-electron chi connectivity index (χ3n) is 3.46. The Morgan fingerprint density at radius 3 is 2.68 bits per heavy atom. The number of aromatic nitrogens is 1. The van der Waals surface area contributed by atoms with E-state index >= 15 is 0 Å². The average molecular weight is 334 g/mol. The van der Waals surface area contributed by atoms with E-state index in [1.54, 1.807) is 23.1 Å². The monoisotopic (exact) mass is 334 g/mol. The molecular weight excluding hydrogens is 316 g/mol. The number of carbonyl (C=O) groups is 1. The van der Waals surface area contributed by atoms with E-state index in [1.807, 2.05) is 36.1 Å². The number of ether oxygens (including phenoxy) is 1. The number of amides is 1. The van der Waals surface area contributed by atoms with Gasteiger partial charge in [-0.25, -0.2) is 4.98 Å². The summed E-state index contributed by atoms with van der Waals surface area (Å²) in [7, 11) is 0. The molecule has 1 aliphatic heterocycles. The largest absolute Gasteiger partial charge is 0.378 e. The maximum Gasteiger partial charge on any atom is 0.254 e. The van der Waals surface area contributed by atoms with Gasteiger partial charge in [-0.2, -0.15) is 0 Å². The van der Waals surface area contributed by atoms with Gasteiger partial charge in [0.1, 0.15) is 4.34 Å². The van der Waals surface area contributed by atoms with Crippen molar-refractivity contribution in [1.29, 1.82) is 0 Å². The van der Waals surface area contributed by atoms with Gasteiger partial charge >= 0.3 is 0 Å². The van der Waals surface area contributed by atoms with E-state index in [1.165, 1.54) is 5.56 Å². The van der Waals surface area contributed by atoms with Gasteiger partial charge in [0.25, 0.3) is 5.91 Å². The predicted molar refractivity (Wildman–Crippen MR) is 89.6 cm³/mol. The van der Waals surface area contributed by atoms with E-state index in [0.29, 0.717) is 26.3 Å². The van der Waals surface area contributed by atoms with Crippen molar-refractivity contribution < 1.29 is 9.53 Å². The van der Waals surface area contributed by atoms with Crippen molar-refractivity contribution in [1.82, 2.24) is 9.88 Å². The maximum absolute atomic E-state index is 12.3. The summed E-state index contributed by atoms with van der Waals surface area (Å²) in [6, 6.07) is 7.89. The zero-order valence-electron chi connectivity index (χ0n) is 12.4. The Labute approximate surface area is 138 Å². The van der Waals surface area contributed by atoms with Crippen LogP contribution in [0.4, 0.5) is 0 Å². The molecule has 1 aromatic carbocycles. The lowest BCUT2D eigenvalue weighted by molar-refractivity contribution is 0.0303. The third-order valence-corrected chi connectivity index (χ3v) is 5.67. The summed E-state index contributed by atoms with van der Waals surface area (Å²) in [5, 5.41) is 2.06. The molecule has 6 heteroatoms. The Morgan fingerprint density at radius 1 is 1.32 bits per heavy atom. The fourth-order valence-corrected chi connectivity index (χ4v) is 4.04. The Bertz CT molecular complexity index is 634. The van der Waals surface area contributed by atoms with Crippen LogP contribution in [0.5, 0.6) is 0 Å².